The lowest BCUT2D eigenvalue weighted by Gasteiger charge is -2.34. The maximum absolute atomic E-state index is 13.8. The van der Waals surface area contributed by atoms with Gasteiger partial charge >= 0.3 is 5.97 Å². The summed E-state index contributed by atoms with van der Waals surface area (Å²) in [5.41, 5.74) is 3.45. The Morgan fingerprint density at radius 2 is 1.94 bits per heavy atom. The number of aryl methyl sites for hydroxylation is 1. The maximum Gasteiger partial charge on any atom is 0.323 e. The van der Waals surface area contributed by atoms with Crippen molar-refractivity contribution < 1.29 is 18.7 Å². The Balaban J connectivity index is 1.59. The number of carbonyl (C=O) groups excluding carboxylic acids is 2. The topological polar surface area (TPSA) is 62.2 Å². The summed E-state index contributed by atoms with van der Waals surface area (Å²) in [6, 6.07) is 13.7. The molecular weight excluding hydrogens is 421 g/mol. The molecule has 0 bridgehead atoms. The van der Waals surface area contributed by atoms with Gasteiger partial charge in [0.15, 0.2) is 0 Å². The Morgan fingerprint density at radius 1 is 1.15 bits per heavy atom. The van der Waals surface area contributed by atoms with E-state index in [-0.39, 0.29) is 30.3 Å². The quantitative estimate of drug-likeness (QED) is 0.617. The molecule has 174 valence electrons. The van der Waals surface area contributed by atoms with Gasteiger partial charge in [0.1, 0.15) is 11.9 Å². The number of nitrogens with zero attached hydrogens (tertiary/aromatic N) is 3. The van der Waals surface area contributed by atoms with Crippen molar-refractivity contribution in [3.8, 4) is 0 Å². The van der Waals surface area contributed by atoms with Gasteiger partial charge in [-0.2, -0.15) is 5.10 Å². The first-order valence-electron chi connectivity index (χ1n) is 11.6. The molecule has 0 spiro atoms. The van der Waals surface area contributed by atoms with Crippen molar-refractivity contribution in [1.29, 1.82) is 0 Å². The molecule has 33 heavy (non-hydrogen) atoms. The Labute approximate surface area is 194 Å². The fourth-order valence-corrected chi connectivity index (χ4v) is 4.56. The second-order valence-corrected chi connectivity index (χ2v) is 8.66. The third kappa shape index (κ3) is 5.30. The van der Waals surface area contributed by atoms with E-state index in [0.717, 1.165) is 24.0 Å². The average molecular weight is 452 g/mol. The number of hydrogen-bond acceptors (Lipinski definition) is 5. The Bertz CT molecular complexity index is 1040. The zero-order chi connectivity index (χ0) is 23.4. The Kier molecular flexibility index (Phi) is 7.18. The van der Waals surface area contributed by atoms with Crippen LogP contribution in [0.1, 0.15) is 55.3 Å². The molecule has 1 amide bonds. The molecule has 2 aliphatic heterocycles. The van der Waals surface area contributed by atoms with Crippen molar-refractivity contribution in [1.82, 2.24) is 9.91 Å². The minimum atomic E-state index is -0.408. The summed E-state index contributed by atoms with van der Waals surface area (Å²) in [5, 5.41) is 6.16. The third-order valence-corrected chi connectivity index (χ3v) is 6.30. The van der Waals surface area contributed by atoms with Crippen molar-refractivity contribution in [3.63, 3.8) is 0 Å². The molecule has 0 radical (unpaired) electrons. The van der Waals surface area contributed by atoms with Crippen LogP contribution < -0.4 is 0 Å². The van der Waals surface area contributed by atoms with Crippen LogP contribution in [0.5, 0.6) is 0 Å². The third-order valence-electron chi connectivity index (χ3n) is 6.30. The number of likely N-dealkylation sites (tertiary alicyclic amines) is 1. The van der Waals surface area contributed by atoms with E-state index in [0.29, 0.717) is 37.3 Å². The van der Waals surface area contributed by atoms with E-state index in [1.165, 1.54) is 17.1 Å². The number of hydrazone groups is 1. The summed E-state index contributed by atoms with van der Waals surface area (Å²) in [6.07, 6.45) is 3.05. The highest BCUT2D eigenvalue weighted by molar-refractivity contribution is 6.03. The van der Waals surface area contributed by atoms with E-state index < -0.39 is 6.04 Å². The predicted molar refractivity (Wildman–Crippen MR) is 124 cm³/mol. The van der Waals surface area contributed by atoms with Crippen LogP contribution in [-0.2, 0) is 14.3 Å². The smallest absolute Gasteiger partial charge is 0.323 e. The van der Waals surface area contributed by atoms with Crippen molar-refractivity contribution in [2.45, 2.75) is 51.6 Å². The number of amides is 1. The normalized spacial score (nSPS) is 21.1. The van der Waals surface area contributed by atoms with Crippen LogP contribution in [0, 0.1) is 12.7 Å². The van der Waals surface area contributed by atoms with E-state index >= 15 is 0 Å². The molecule has 4 rings (SSSR count). The minimum absolute atomic E-state index is 0.0891. The molecule has 0 N–H and O–H groups in total. The first kappa shape index (κ1) is 23.1. The van der Waals surface area contributed by atoms with Gasteiger partial charge in [0.25, 0.3) is 5.91 Å². The van der Waals surface area contributed by atoms with Crippen LogP contribution in [0.15, 0.2) is 53.6 Å². The van der Waals surface area contributed by atoms with E-state index in [1.807, 2.05) is 42.2 Å². The fraction of sp³-hybridized carbons (Fsp3) is 0.423. The van der Waals surface area contributed by atoms with Gasteiger partial charge in [0.05, 0.1) is 24.9 Å². The molecule has 2 aromatic carbocycles. The summed E-state index contributed by atoms with van der Waals surface area (Å²) in [6.45, 7) is 4.88. The van der Waals surface area contributed by atoms with Gasteiger partial charge in [0, 0.05) is 12.0 Å². The van der Waals surface area contributed by atoms with Crippen LogP contribution in [0.3, 0.4) is 0 Å². The highest BCUT2D eigenvalue weighted by Gasteiger charge is 2.37. The summed E-state index contributed by atoms with van der Waals surface area (Å²) in [7, 11) is 0. The van der Waals surface area contributed by atoms with Gasteiger partial charge in [-0.05, 0) is 50.9 Å². The fourth-order valence-electron chi connectivity index (χ4n) is 4.56. The zero-order valence-corrected chi connectivity index (χ0v) is 19.2. The standard InChI is InChI=1S/C26H30FN3O3/c1-3-33-26(32)23-9-4-5-14-29(23)17-25(31)30-24(19-12-10-18(2)11-13-19)16-22(28-30)20-7-6-8-21(27)15-20/h6-8,10-13,15,23-24H,3-5,9,14,16-17H2,1-2H3/t23-,24+/m0/s1. The van der Waals surface area contributed by atoms with Gasteiger partial charge < -0.3 is 4.74 Å². The molecule has 0 saturated carbocycles. The van der Waals surface area contributed by atoms with E-state index in [1.54, 1.807) is 13.0 Å². The molecular formula is C26H30FN3O3. The molecule has 7 heteroatoms. The SMILES string of the molecule is CCOC(=O)[C@@H]1CCCCN1CC(=O)N1N=C(c2cccc(F)c2)C[C@@H]1c1ccc(C)cc1. The van der Waals surface area contributed by atoms with Crippen LogP contribution in [0.25, 0.3) is 0 Å². The van der Waals surface area contributed by atoms with Gasteiger partial charge in [0.2, 0.25) is 0 Å². The lowest BCUT2D eigenvalue weighted by Crippen LogP contribution is -2.49. The molecule has 2 heterocycles. The average Bonchev–Trinajstić information content (AvgIpc) is 3.26. The van der Waals surface area contributed by atoms with E-state index in [9.17, 15) is 14.0 Å². The second-order valence-electron chi connectivity index (χ2n) is 8.66. The van der Waals surface area contributed by atoms with Crippen LogP contribution in [-0.4, -0.2) is 53.2 Å². The Morgan fingerprint density at radius 3 is 2.67 bits per heavy atom. The largest absolute Gasteiger partial charge is 0.465 e. The van der Waals surface area contributed by atoms with Gasteiger partial charge in [-0.25, -0.2) is 9.40 Å². The van der Waals surface area contributed by atoms with E-state index in [2.05, 4.69) is 5.10 Å². The number of halogens is 1. The van der Waals surface area contributed by atoms with Crippen LogP contribution in [0.4, 0.5) is 4.39 Å². The molecule has 1 fully saturated rings. The van der Waals surface area contributed by atoms with Gasteiger partial charge in [-0.3, -0.25) is 14.5 Å². The number of esters is 1. The highest BCUT2D eigenvalue weighted by atomic mass is 19.1. The van der Waals surface area contributed by atoms with Crippen molar-refractivity contribution in [2.75, 3.05) is 19.7 Å². The first-order chi connectivity index (χ1) is 16.0. The Hall–Kier alpha value is -3.06. The van der Waals surface area contributed by atoms with Crippen LogP contribution in [0.2, 0.25) is 0 Å². The summed E-state index contributed by atoms with van der Waals surface area (Å²) in [4.78, 5) is 27.8. The first-order valence-corrected chi connectivity index (χ1v) is 11.6. The number of carbonyl (C=O) groups is 2. The summed E-state index contributed by atoms with van der Waals surface area (Å²) >= 11 is 0. The van der Waals surface area contributed by atoms with Crippen molar-refractivity contribution in [3.05, 3.63) is 71.0 Å². The van der Waals surface area contributed by atoms with Gasteiger partial charge in [-0.1, -0.05) is 48.4 Å². The molecule has 0 aliphatic carbocycles. The number of rotatable bonds is 6. The van der Waals surface area contributed by atoms with Crippen LogP contribution >= 0.6 is 0 Å². The highest BCUT2D eigenvalue weighted by Crippen LogP contribution is 2.33. The number of benzene rings is 2. The van der Waals surface area contributed by atoms with Gasteiger partial charge in [-0.15, -0.1) is 0 Å². The predicted octanol–water partition coefficient (Wildman–Crippen LogP) is 4.23. The number of piperidine rings is 1. The summed E-state index contributed by atoms with van der Waals surface area (Å²) < 4.78 is 19.1. The molecule has 0 aromatic heterocycles. The molecule has 1 saturated heterocycles. The molecule has 0 unspecified atom stereocenters. The summed E-state index contributed by atoms with van der Waals surface area (Å²) in [5.74, 6) is -0.786. The number of ether oxygens (including phenoxy) is 1. The zero-order valence-electron chi connectivity index (χ0n) is 19.2. The minimum Gasteiger partial charge on any atom is -0.465 e. The molecule has 6 nitrogen and oxygen atoms in total. The second kappa shape index (κ2) is 10.3. The lowest BCUT2D eigenvalue weighted by molar-refractivity contribution is -0.152. The number of hydrogen-bond donors (Lipinski definition) is 0. The van der Waals surface area contributed by atoms with Crippen molar-refractivity contribution in [2.24, 2.45) is 5.10 Å². The monoisotopic (exact) mass is 451 g/mol. The molecule has 2 atom stereocenters. The molecule has 2 aromatic rings. The lowest BCUT2D eigenvalue weighted by atomic mass is 9.97. The molecule has 2 aliphatic rings. The van der Waals surface area contributed by atoms with E-state index in [4.69, 9.17) is 4.74 Å². The maximum atomic E-state index is 13.8. The van der Waals surface area contributed by atoms with Crippen molar-refractivity contribution >= 4 is 17.6 Å².